The van der Waals surface area contributed by atoms with Gasteiger partial charge in [-0.15, -0.1) is 0 Å². The van der Waals surface area contributed by atoms with E-state index in [2.05, 4.69) is 0 Å². The van der Waals surface area contributed by atoms with Crippen molar-refractivity contribution >= 4 is 22.8 Å². The monoisotopic (exact) mass is 287 g/mol. The number of piperidine rings is 1. The maximum absolute atomic E-state index is 12.5. The van der Waals surface area contributed by atoms with Gasteiger partial charge in [0.25, 0.3) is 5.91 Å². The van der Waals surface area contributed by atoms with Gasteiger partial charge in [0.05, 0.1) is 11.0 Å². The van der Waals surface area contributed by atoms with Gasteiger partial charge in [-0.25, -0.2) is 4.79 Å². The zero-order valence-electron chi connectivity index (χ0n) is 12.3. The van der Waals surface area contributed by atoms with Crippen molar-refractivity contribution in [2.75, 3.05) is 7.05 Å². The number of aryl methyl sites for hydroxylation is 2. The Balaban J connectivity index is 2.24. The summed E-state index contributed by atoms with van der Waals surface area (Å²) in [6, 6.07) is 5.04. The molecule has 1 aliphatic heterocycles. The summed E-state index contributed by atoms with van der Waals surface area (Å²) in [5.74, 6) is -0.511. The molecule has 1 aromatic carbocycles. The average Bonchev–Trinajstić information content (AvgIpc) is 2.71. The van der Waals surface area contributed by atoms with Crippen LogP contribution in [0.2, 0.25) is 0 Å². The fourth-order valence-corrected chi connectivity index (χ4v) is 3.07. The summed E-state index contributed by atoms with van der Waals surface area (Å²) in [5, 5.41) is 0. The third-order valence-corrected chi connectivity index (χ3v) is 4.24. The number of likely N-dealkylation sites (tertiary alicyclic amines) is 1. The van der Waals surface area contributed by atoms with Crippen LogP contribution in [-0.4, -0.2) is 32.9 Å². The van der Waals surface area contributed by atoms with E-state index in [1.165, 1.54) is 11.6 Å². The van der Waals surface area contributed by atoms with Crippen LogP contribution in [0.1, 0.15) is 24.4 Å². The maximum atomic E-state index is 12.5. The number of aromatic nitrogens is 2. The van der Waals surface area contributed by atoms with Crippen molar-refractivity contribution in [2.45, 2.75) is 25.8 Å². The van der Waals surface area contributed by atoms with Crippen LogP contribution in [-0.2, 0) is 16.6 Å². The van der Waals surface area contributed by atoms with Gasteiger partial charge >= 0.3 is 5.69 Å². The van der Waals surface area contributed by atoms with Gasteiger partial charge in [-0.3, -0.25) is 23.6 Å². The van der Waals surface area contributed by atoms with Gasteiger partial charge in [-0.05, 0) is 25.0 Å². The fraction of sp³-hybridized carbons (Fsp3) is 0.400. The van der Waals surface area contributed by atoms with E-state index in [1.54, 1.807) is 11.6 Å². The van der Waals surface area contributed by atoms with E-state index in [9.17, 15) is 14.4 Å². The molecule has 0 N–H and O–H groups in total. The zero-order chi connectivity index (χ0) is 15.3. The summed E-state index contributed by atoms with van der Waals surface area (Å²) in [4.78, 5) is 37.6. The molecule has 0 radical (unpaired) electrons. The SMILES string of the molecule is Cc1cccc2c1n(C)c(=O)n2C1CCC(=O)N(C)C1=O. The van der Waals surface area contributed by atoms with E-state index in [0.717, 1.165) is 21.5 Å². The molecule has 1 saturated heterocycles. The van der Waals surface area contributed by atoms with Crippen molar-refractivity contribution in [1.82, 2.24) is 14.0 Å². The minimum atomic E-state index is -0.606. The van der Waals surface area contributed by atoms with E-state index < -0.39 is 6.04 Å². The number of likely N-dealkylation sites (N-methyl/N-ethyl adjacent to an activating group) is 1. The lowest BCUT2D eigenvalue weighted by atomic mass is 10.0. The van der Waals surface area contributed by atoms with Crippen LogP contribution in [0.25, 0.3) is 11.0 Å². The smallest absolute Gasteiger partial charge is 0.295 e. The predicted molar refractivity (Wildman–Crippen MR) is 78.0 cm³/mol. The molecule has 1 unspecified atom stereocenters. The van der Waals surface area contributed by atoms with Gasteiger partial charge in [0.2, 0.25) is 5.91 Å². The topological polar surface area (TPSA) is 64.3 Å². The highest BCUT2D eigenvalue weighted by atomic mass is 16.2. The fourth-order valence-electron chi connectivity index (χ4n) is 3.07. The van der Waals surface area contributed by atoms with Crippen LogP contribution in [0, 0.1) is 6.92 Å². The minimum absolute atomic E-state index is 0.194. The molecule has 0 saturated carbocycles. The Hall–Kier alpha value is -2.37. The van der Waals surface area contributed by atoms with Gasteiger partial charge < -0.3 is 0 Å². The number of rotatable bonds is 1. The Kier molecular flexibility index (Phi) is 2.97. The lowest BCUT2D eigenvalue weighted by Crippen LogP contribution is -2.45. The highest BCUT2D eigenvalue weighted by molar-refractivity contribution is 5.99. The van der Waals surface area contributed by atoms with Crippen LogP contribution in [0.15, 0.2) is 23.0 Å². The first-order chi connectivity index (χ1) is 9.93. The zero-order valence-corrected chi connectivity index (χ0v) is 12.3. The lowest BCUT2D eigenvalue weighted by Gasteiger charge is -2.28. The molecule has 21 heavy (non-hydrogen) atoms. The van der Waals surface area contributed by atoms with Gasteiger partial charge in [-0.2, -0.15) is 0 Å². The molecule has 2 heterocycles. The Morgan fingerprint density at radius 3 is 2.57 bits per heavy atom. The molecular weight excluding hydrogens is 270 g/mol. The van der Waals surface area contributed by atoms with Crippen molar-refractivity contribution in [3.05, 3.63) is 34.2 Å². The summed E-state index contributed by atoms with van der Waals surface area (Å²) in [6.45, 7) is 1.93. The number of para-hydroxylation sites is 1. The first-order valence-electron chi connectivity index (χ1n) is 6.90. The Labute approximate surface area is 121 Å². The van der Waals surface area contributed by atoms with Gasteiger partial charge in [-0.1, -0.05) is 12.1 Å². The number of benzene rings is 1. The molecule has 1 atom stereocenters. The Morgan fingerprint density at radius 2 is 1.86 bits per heavy atom. The van der Waals surface area contributed by atoms with E-state index >= 15 is 0 Å². The standard InChI is InChI=1S/C15H17N3O3/c1-9-5-4-6-10-13(9)17(3)15(21)18(10)11-7-8-12(19)16(2)14(11)20/h4-6,11H,7-8H2,1-3H3. The van der Waals surface area contributed by atoms with Crippen LogP contribution < -0.4 is 5.69 Å². The van der Waals surface area contributed by atoms with Gasteiger partial charge in [0.15, 0.2) is 0 Å². The molecule has 2 aromatic rings. The summed E-state index contributed by atoms with van der Waals surface area (Å²) in [5.41, 5.74) is 2.33. The number of carbonyl (C=O) groups excluding carboxylic acids is 2. The summed E-state index contributed by atoms with van der Waals surface area (Å²) in [7, 11) is 3.18. The maximum Gasteiger partial charge on any atom is 0.329 e. The third-order valence-electron chi connectivity index (χ3n) is 4.24. The Bertz CT molecular complexity index is 815. The van der Waals surface area contributed by atoms with Crippen molar-refractivity contribution in [1.29, 1.82) is 0 Å². The van der Waals surface area contributed by atoms with Crippen LogP contribution in [0.4, 0.5) is 0 Å². The first-order valence-corrected chi connectivity index (χ1v) is 6.90. The molecule has 3 rings (SSSR count). The van der Waals surface area contributed by atoms with E-state index in [-0.39, 0.29) is 23.9 Å². The summed E-state index contributed by atoms with van der Waals surface area (Å²) in [6.07, 6.45) is 0.649. The quantitative estimate of drug-likeness (QED) is 0.734. The second kappa shape index (κ2) is 4.58. The number of hydrogen-bond acceptors (Lipinski definition) is 3. The highest BCUT2D eigenvalue weighted by Crippen LogP contribution is 2.26. The summed E-state index contributed by atoms with van der Waals surface area (Å²) < 4.78 is 3.09. The molecule has 1 aliphatic rings. The number of hydrogen-bond donors (Lipinski definition) is 0. The second-order valence-corrected chi connectivity index (χ2v) is 5.50. The molecule has 6 nitrogen and oxygen atoms in total. The number of carbonyl (C=O) groups is 2. The third kappa shape index (κ3) is 1.82. The molecule has 0 spiro atoms. The van der Waals surface area contributed by atoms with Gasteiger partial charge in [0.1, 0.15) is 6.04 Å². The number of imide groups is 1. The van der Waals surface area contributed by atoms with Crippen LogP contribution >= 0.6 is 0 Å². The average molecular weight is 287 g/mol. The highest BCUT2D eigenvalue weighted by Gasteiger charge is 2.35. The van der Waals surface area contributed by atoms with E-state index in [0.29, 0.717) is 6.42 Å². The normalized spacial score (nSPS) is 19.6. The van der Waals surface area contributed by atoms with Gasteiger partial charge in [0, 0.05) is 20.5 Å². The van der Waals surface area contributed by atoms with Crippen LogP contribution in [0.3, 0.4) is 0 Å². The first kappa shape index (κ1) is 13.6. The van der Waals surface area contributed by atoms with Crippen molar-refractivity contribution in [3.63, 3.8) is 0 Å². The summed E-state index contributed by atoms with van der Waals surface area (Å²) >= 11 is 0. The molecule has 6 heteroatoms. The number of nitrogens with zero attached hydrogens (tertiary/aromatic N) is 3. The molecule has 0 aliphatic carbocycles. The molecular formula is C15H17N3O3. The van der Waals surface area contributed by atoms with Crippen LogP contribution in [0.5, 0.6) is 0 Å². The number of amides is 2. The number of imidazole rings is 1. The van der Waals surface area contributed by atoms with Crippen molar-refractivity contribution < 1.29 is 9.59 Å². The predicted octanol–water partition coefficient (Wildman–Crippen LogP) is 0.968. The second-order valence-electron chi connectivity index (χ2n) is 5.50. The van der Waals surface area contributed by atoms with Crippen molar-refractivity contribution in [2.24, 2.45) is 7.05 Å². The molecule has 1 fully saturated rings. The molecule has 2 amide bonds. The molecule has 0 bridgehead atoms. The molecule has 1 aromatic heterocycles. The van der Waals surface area contributed by atoms with Crippen molar-refractivity contribution in [3.8, 4) is 0 Å². The molecule has 110 valence electrons. The largest absolute Gasteiger partial charge is 0.329 e. The van der Waals surface area contributed by atoms with E-state index in [1.807, 2.05) is 25.1 Å². The lowest BCUT2D eigenvalue weighted by molar-refractivity contribution is -0.149. The Morgan fingerprint density at radius 1 is 1.14 bits per heavy atom. The minimum Gasteiger partial charge on any atom is -0.295 e. The van der Waals surface area contributed by atoms with E-state index in [4.69, 9.17) is 0 Å². The number of fused-ring (bicyclic) bond motifs is 1.